The second kappa shape index (κ2) is 55.5. The Kier molecular flexibility index (Phi) is 49.0. The number of aliphatic hydroxyl groups excluding tert-OH is 5. The van der Waals surface area contributed by atoms with Gasteiger partial charge in [0.25, 0.3) is 0 Å². The number of unbranched alkanes of at least 4 members (excludes halogenated alkanes) is 1. The summed E-state index contributed by atoms with van der Waals surface area (Å²) >= 11 is 2.46. The first-order chi connectivity index (χ1) is 57.8. The van der Waals surface area contributed by atoms with Crippen LogP contribution >= 0.6 is 23.5 Å². The van der Waals surface area contributed by atoms with Crippen molar-refractivity contribution >= 4 is 124 Å². The van der Waals surface area contributed by atoms with E-state index in [-0.39, 0.29) is 61.7 Å². The number of nitrogens with one attached hydrogen (secondary N) is 15. The summed E-state index contributed by atoms with van der Waals surface area (Å²) in [7, 11) is 0. The molecule has 43 nitrogen and oxygen atoms in total. The molecule has 690 valence electrons. The minimum Gasteiger partial charge on any atom is -0.508 e. The molecule has 0 unspecified atom stereocenters. The first-order valence-electron chi connectivity index (χ1n) is 40.1. The standard InChI is InChI=1S/C78H126N18O25S2/c1-13-39(6)60(94-74(116)59(38(4)5)92-65(107)48(80)35-97)75(117)83-40(7)64(106)95-61(41(8)99)76(118)87-50(25-26-56(81)104)67(109)85-52(28-31-123-12)70(112)96-62(42(9)100)77(119)89-54(33-45-19-23-47(103)24-20-45)71(113)84-49(16-14-15-29-79)69(111)93-58(37(2)3)73(115)88-53(32-44-17-21-46(102)22-18-44)72(114)86-51(27-30-122-11)68(110)90-55(36-98)66(108)82-34-57(105)91-63(43(10)101)78(120)121/h17-24,37-43,48-55,58-63,97-103H,13-16,25-36,79-80H2,1-12H3,(H2,81,104)(H,82,108)(H,83,117)(H,84,113)(H,85,109)(H,86,114)(H,87,118)(H,88,115)(H,89,119)(H,90,110)(H,91,105)(H,92,107)(H,93,111)(H,94,116)(H,95,106)(H,96,112)(H,120,121)/t39-,40-,41+,42+,43+,48-,49-,50-,51-,52-,53-,54-,55-,58-,59-,60-,61-,62-,63-/m0/s1. The number of primary amides is 1. The van der Waals surface area contributed by atoms with E-state index in [0.29, 0.717) is 24.0 Å². The number of hydrogen-bond donors (Lipinski definition) is 26. The second-order valence-electron chi connectivity index (χ2n) is 30.4. The van der Waals surface area contributed by atoms with Crippen LogP contribution in [0.1, 0.15) is 132 Å². The summed E-state index contributed by atoms with van der Waals surface area (Å²) < 4.78 is 0. The highest BCUT2D eigenvalue weighted by molar-refractivity contribution is 7.98. The van der Waals surface area contributed by atoms with Crippen LogP contribution in [0.5, 0.6) is 11.5 Å². The smallest absolute Gasteiger partial charge is 0.328 e. The molecule has 0 aliphatic heterocycles. The molecule has 2 aromatic carbocycles. The van der Waals surface area contributed by atoms with Gasteiger partial charge in [0, 0.05) is 19.3 Å². The molecule has 0 aliphatic carbocycles. The molecule has 0 heterocycles. The van der Waals surface area contributed by atoms with Crippen LogP contribution in [-0.2, 0) is 94.3 Å². The molecule has 2 aromatic rings. The molecule has 45 heteroatoms. The Hall–Kier alpha value is -10.5. The number of carboxylic acid groups (broad SMARTS) is 1. The van der Waals surface area contributed by atoms with Gasteiger partial charge in [0.2, 0.25) is 94.5 Å². The van der Waals surface area contributed by atoms with Gasteiger partial charge in [-0.1, -0.05) is 72.2 Å². The zero-order chi connectivity index (χ0) is 93.2. The number of phenols is 2. The fourth-order valence-electron chi connectivity index (χ4n) is 11.8. The number of carbonyl (C=O) groups is 17. The van der Waals surface area contributed by atoms with Crippen molar-refractivity contribution in [1.82, 2.24) is 79.8 Å². The number of aromatic hydroxyl groups is 2. The third-order valence-electron chi connectivity index (χ3n) is 19.4. The fourth-order valence-corrected chi connectivity index (χ4v) is 12.7. The molecule has 0 spiro atoms. The van der Waals surface area contributed by atoms with E-state index in [1.54, 1.807) is 54.1 Å². The first kappa shape index (κ1) is 109. The molecule has 16 amide bonds. The summed E-state index contributed by atoms with van der Waals surface area (Å²) in [6.07, 6.45) is -3.19. The van der Waals surface area contributed by atoms with Crippen molar-refractivity contribution in [1.29, 1.82) is 0 Å². The molecular weight excluding hydrogens is 1650 g/mol. The van der Waals surface area contributed by atoms with E-state index < -0.39 is 266 Å². The van der Waals surface area contributed by atoms with Crippen molar-refractivity contribution < 1.29 is 122 Å². The van der Waals surface area contributed by atoms with E-state index in [1.165, 1.54) is 79.0 Å². The molecular formula is C78H126N18O25S2. The lowest BCUT2D eigenvalue weighted by Crippen LogP contribution is -2.63. The van der Waals surface area contributed by atoms with Crippen LogP contribution < -0.4 is 97.0 Å². The molecule has 19 atom stereocenters. The summed E-state index contributed by atoms with van der Waals surface area (Å²) in [5.74, 6) is -19.8. The van der Waals surface area contributed by atoms with Gasteiger partial charge in [0.1, 0.15) is 96.1 Å². The average Bonchev–Trinajstić information content (AvgIpc) is 0.850. The van der Waals surface area contributed by atoms with Gasteiger partial charge in [-0.25, -0.2) is 4.79 Å². The van der Waals surface area contributed by atoms with Gasteiger partial charge in [-0.2, -0.15) is 23.5 Å². The van der Waals surface area contributed by atoms with E-state index in [0.717, 1.165) is 20.8 Å². The number of carbonyl (C=O) groups excluding carboxylic acids is 16. The number of thioether (sulfide) groups is 2. The summed E-state index contributed by atoms with van der Waals surface area (Å²) in [5, 5.41) is 118. The maximum absolute atomic E-state index is 14.9. The summed E-state index contributed by atoms with van der Waals surface area (Å²) in [6.45, 7) is 11.7. The Morgan fingerprint density at radius 2 is 0.740 bits per heavy atom. The highest BCUT2D eigenvalue weighted by Crippen LogP contribution is 2.18. The molecule has 0 saturated carbocycles. The maximum Gasteiger partial charge on any atom is 0.328 e. The predicted molar refractivity (Wildman–Crippen MR) is 451 cm³/mol. The number of nitrogens with two attached hydrogens (primary N) is 3. The molecule has 0 bridgehead atoms. The lowest BCUT2D eigenvalue weighted by Gasteiger charge is -2.30. The lowest BCUT2D eigenvalue weighted by molar-refractivity contribution is -0.144. The third-order valence-corrected chi connectivity index (χ3v) is 20.7. The number of aliphatic hydroxyl groups is 5. The van der Waals surface area contributed by atoms with Gasteiger partial charge in [-0.05, 0) is 150 Å². The van der Waals surface area contributed by atoms with Crippen molar-refractivity contribution in [3.8, 4) is 11.5 Å². The van der Waals surface area contributed by atoms with Crippen LogP contribution in [0, 0.1) is 17.8 Å². The molecule has 0 saturated heterocycles. The van der Waals surface area contributed by atoms with Crippen molar-refractivity contribution in [2.45, 2.75) is 242 Å². The van der Waals surface area contributed by atoms with Gasteiger partial charge >= 0.3 is 5.97 Å². The van der Waals surface area contributed by atoms with E-state index >= 15 is 0 Å². The van der Waals surface area contributed by atoms with Crippen molar-refractivity contribution in [3.05, 3.63) is 59.7 Å². The highest BCUT2D eigenvalue weighted by atomic mass is 32.2. The Labute approximate surface area is 721 Å². The Balaban J connectivity index is 2.56. The highest BCUT2D eigenvalue weighted by Gasteiger charge is 2.41. The fraction of sp³-hybridized carbons (Fsp3) is 0.628. The first-order valence-corrected chi connectivity index (χ1v) is 42.9. The normalized spacial score (nSPS) is 15.9. The molecule has 0 fully saturated rings. The van der Waals surface area contributed by atoms with E-state index in [9.17, 15) is 122 Å². The van der Waals surface area contributed by atoms with Crippen LogP contribution in [0.4, 0.5) is 0 Å². The van der Waals surface area contributed by atoms with Crippen LogP contribution in [0.2, 0.25) is 0 Å². The molecule has 123 heavy (non-hydrogen) atoms. The van der Waals surface area contributed by atoms with Gasteiger partial charge in [0.05, 0.1) is 38.1 Å². The zero-order valence-electron chi connectivity index (χ0n) is 71.1. The Morgan fingerprint density at radius 3 is 1.13 bits per heavy atom. The van der Waals surface area contributed by atoms with Crippen LogP contribution in [0.3, 0.4) is 0 Å². The van der Waals surface area contributed by atoms with E-state index in [1.807, 2.05) is 5.32 Å². The number of aliphatic carboxylic acids is 1. The number of benzene rings is 2. The number of hydrogen-bond acceptors (Lipinski definition) is 28. The van der Waals surface area contributed by atoms with Crippen LogP contribution in [0.25, 0.3) is 0 Å². The minimum atomic E-state index is -1.96. The van der Waals surface area contributed by atoms with Crippen LogP contribution in [0.15, 0.2) is 48.5 Å². The summed E-state index contributed by atoms with van der Waals surface area (Å²) in [5.41, 5.74) is 17.6. The Morgan fingerprint density at radius 1 is 0.390 bits per heavy atom. The van der Waals surface area contributed by atoms with E-state index in [2.05, 4.69) is 74.4 Å². The second-order valence-corrected chi connectivity index (χ2v) is 32.3. The van der Waals surface area contributed by atoms with Crippen LogP contribution in [-0.4, -0.2) is 301 Å². The average molecular weight is 1780 g/mol. The van der Waals surface area contributed by atoms with Crippen molar-refractivity contribution in [2.75, 3.05) is 50.3 Å². The summed E-state index contributed by atoms with van der Waals surface area (Å²) in [4.78, 5) is 234. The third kappa shape index (κ3) is 38.4. The van der Waals surface area contributed by atoms with Gasteiger partial charge in [-0.15, -0.1) is 0 Å². The molecule has 2 rings (SSSR count). The topological polar surface area (TPSA) is 711 Å². The predicted octanol–water partition coefficient (Wildman–Crippen LogP) is -7.40. The largest absolute Gasteiger partial charge is 0.508 e. The van der Waals surface area contributed by atoms with Gasteiger partial charge in [0.15, 0.2) is 6.04 Å². The quantitative estimate of drug-likeness (QED) is 0.0274. The van der Waals surface area contributed by atoms with E-state index in [4.69, 9.17) is 17.2 Å². The minimum absolute atomic E-state index is 0.104. The molecule has 0 radical (unpaired) electrons. The van der Waals surface area contributed by atoms with Gasteiger partial charge in [-0.3, -0.25) is 76.7 Å². The summed E-state index contributed by atoms with van der Waals surface area (Å²) in [6, 6.07) is -13.1. The zero-order valence-corrected chi connectivity index (χ0v) is 72.8. The lowest BCUT2D eigenvalue weighted by atomic mass is 9.96. The number of phenolic OH excluding ortho intramolecular Hbond substituents is 2. The molecule has 0 aliphatic rings. The maximum atomic E-state index is 14.9. The molecule has 0 aromatic heterocycles. The number of rotatable bonds is 57. The number of carboxylic acids is 1. The monoisotopic (exact) mass is 1780 g/mol. The Bertz CT molecular complexity index is 3850. The van der Waals surface area contributed by atoms with Gasteiger partial charge < -0.3 is 138 Å². The number of amides is 16. The SMILES string of the molecule is CC[C@H](C)[C@H](NC(=O)[C@@H](NC(=O)[C@@H](N)CO)C(C)C)C(=O)N[C@@H](C)C(=O)N[C@H](C(=O)N[C@@H](CCC(N)=O)C(=O)N[C@@H](CCSC)C(=O)N[C@H](C(=O)N[C@@H](Cc1ccc(O)cc1)C(=O)N[C@@H](CCCCN)C(=O)N[C@H](C(=O)N[C@@H](Cc1ccc(O)cc1)C(=O)N[C@@H](CCSC)C(=O)N[C@@H](CO)C(=O)NCC(=O)N[C@H](C(=O)O)[C@@H](C)O)C(C)C)[C@@H](C)O)[C@@H](C)O. The molecule has 29 N–H and O–H groups in total. The van der Waals surface area contributed by atoms with Crippen molar-refractivity contribution in [2.24, 2.45) is 35.0 Å². The van der Waals surface area contributed by atoms with Crippen molar-refractivity contribution in [3.63, 3.8) is 0 Å².